The van der Waals surface area contributed by atoms with Crippen molar-refractivity contribution < 1.29 is 8.91 Å². The average Bonchev–Trinajstić information content (AvgIpc) is 3.08. The van der Waals surface area contributed by atoms with Crippen LogP contribution in [-0.2, 0) is 6.54 Å². The summed E-state index contributed by atoms with van der Waals surface area (Å²) >= 11 is 1.43. The lowest BCUT2D eigenvalue weighted by Gasteiger charge is -1.97. The lowest BCUT2D eigenvalue weighted by Crippen LogP contribution is -1.94. The summed E-state index contributed by atoms with van der Waals surface area (Å²) in [6, 6.07) is 4.71. The second kappa shape index (κ2) is 5.34. The molecule has 7 heteroatoms. The first-order chi connectivity index (χ1) is 10.1. The normalized spacial score (nSPS) is 11.0. The molecule has 0 aliphatic carbocycles. The minimum atomic E-state index is -0.256. The maximum Gasteiger partial charge on any atom is 0.270 e. The molecule has 0 aliphatic heterocycles. The van der Waals surface area contributed by atoms with E-state index in [-0.39, 0.29) is 5.82 Å². The van der Waals surface area contributed by atoms with E-state index in [0.717, 1.165) is 15.6 Å². The molecule has 5 nitrogen and oxygen atoms in total. The van der Waals surface area contributed by atoms with Crippen LogP contribution in [0.2, 0.25) is 0 Å². The number of benzene rings is 1. The molecule has 0 spiro atoms. The van der Waals surface area contributed by atoms with Crippen molar-refractivity contribution >= 4 is 11.3 Å². The Morgan fingerprint density at radius 1 is 1.29 bits per heavy atom. The van der Waals surface area contributed by atoms with Crippen LogP contribution in [0.25, 0.3) is 22.2 Å². The molecule has 0 unspecified atom stereocenters. The maximum absolute atomic E-state index is 13.3. The monoisotopic (exact) mass is 304 g/mol. The molecular weight excluding hydrogens is 291 g/mol. The molecule has 21 heavy (non-hydrogen) atoms. The molecule has 108 valence electrons. The molecule has 2 N–H and O–H groups in total. The molecule has 0 bridgehead atoms. The molecule has 0 aliphatic rings. The van der Waals surface area contributed by atoms with E-state index in [1.807, 2.05) is 6.92 Å². The number of nitrogens with two attached hydrogens (primary N) is 1. The number of aromatic nitrogens is 3. The number of rotatable bonds is 3. The summed E-state index contributed by atoms with van der Waals surface area (Å²) in [6.07, 6.45) is 0. The first-order valence-electron chi connectivity index (χ1n) is 6.35. The van der Waals surface area contributed by atoms with Crippen LogP contribution in [0.1, 0.15) is 16.3 Å². The quantitative estimate of drug-likeness (QED) is 0.804. The molecule has 1 aromatic carbocycles. The van der Waals surface area contributed by atoms with E-state index < -0.39 is 0 Å². The Hall–Kier alpha value is -2.12. The smallest absolute Gasteiger partial charge is 0.270 e. The summed E-state index contributed by atoms with van der Waals surface area (Å²) in [4.78, 5) is 9.50. The molecule has 0 saturated heterocycles. The lowest BCUT2D eigenvalue weighted by atomic mass is 10.1. The second-order valence-electron chi connectivity index (χ2n) is 4.61. The van der Waals surface area contributed by atoms with Gasteiger partial charge in [0.15, 0.2) is 0 Å². The van der Waals surface area contributed by atoms with E-state index in [1.165, 1.54) is 17.4 Å². The molecule has 0 radical (unpaired) electrons. The summed E-state index contributed by atoms with van der Waals surface area (Å²) in [5, 5.41) is 4.77. The SMILES string of the molecule is Cc1cc(-c2noc(-c3sc(CN)nc3C)n2)ccc1F. The highest BCUT2D eigenvalue weighted by molar-refractivity contribution is 7.15. The summed E-state index contributed by atoms with van der Waals surface area (Å²) in [5.74, 6) is 0.574. The van der Waals surface area contributed by atoms with Gasteiger partial charge in [0.1, 0.15) is 15.7 Å². The molecular formula is C14H13FN4OS. The maximum atomic E-state index is 13.3. The van der Waals surface area contributed by atoms with Crippen LogP contribution in [0, 0.1) is 19.7 Å². The number of aryl methyl sites for hydroxylation is 2. The van der Waals surface area contributed by atoms with E-state index in [2.05, 4.69) is 15.1 Å². The predicted molar refractivity (Wildman–Crippen MR) is 78.2 cm³/mol. The molecule has 0 fully saturated rings. The zero-order chi connectivity index (χ0) is 15.0. The molecule has 0 atom stereocenters. The minimum absolute atomic E-state index is 0.256. The number of nitrogens with zero attached hydrogens (tertiary/aromatic N) is 3. The molecule has 0 amide bonds. The highest BCUT2D eigenvalue weighted by Crippen LogP contribution is 2.30. The lowest BCUT2D eigenvalue weighted by molar-refractivity contribution is 0.433. The van der Waals surface area contributed by atoms with Gasteiger partial charge in [0, 0.05) is 12.1 Å². The van der Waals surface area contributed by atoms with Gasteiger partial charge in [-0.25, -0.2) is 9.37 Å². The molecule has 0 saturated carbocycles. The number of hydrogen-bond acceptors (Lipinski definition) is 6. The fraction of sp³-hybridized carbons (Fsp3) is 0.214. The van der Waals surface area contributed by atoms with Gasteiger partial charge in [-0.1, -0.05) is 5.16 Å². The van der Waals surface area contributed by atoms with Crippen LogP contribution in [-0.4, -0.2) is 15.1 Å². The minimum Gasteiger partial charge on any atom is -0.333 e. The summed E-state index contributed by atoms with van der Waals surface area (Å²) in [7, 11) is 0. The van der Waals surface area contributed by atoms with Gasteiger partial charge in [0.25, 0.3) is 5.89 Å². The number of halogens is 1. The Bertz CT molecular complexity index is 796. The fourth-order valence-electron chi connectivity index (χ4n) is 1.95. The van der Waals surface area contributed by atoms with E-state index >= 15 is 0 Å². The van der Waals surface area contributed by atoms with E-state index in [1.54, 1.807) is 19.1 Å². The van der Waals surface area contributed by atoms with Gasteiger partial charge in [-0.05, 0) is 37.6 Å². The molecule has 3 rings (SSSR count). The summed E-state index contributed by atoms with van der Waals surface area (Å²) in [5.41, 5.74) is 7.65. The van der Waals surface area contributed by atoms with Crippen LogP contribution < -0.4 is 5.73 Å². The van der Waals surface area contributed by atoms with Gasteiger partial charge < -0.3 is 10.3 Å². The highest BCUT2D eigenvalue weighted by atomic mass is 32.1. The Morgan fingerprint density at radius 2 is 2.10 bits per heavy atom. The summed E-state index contributed by atoms with van der Waals surface area (Å²) in [6.45, 7) is 3.95. The standard InChI is InChI=1S/C14H13FN4OS/c1-7-5-9(3-4-10(7)15)13-18-14(20-19-13)12-8(2)17-11(6-16)21-12/h3-5H,6,16H2,1-2H3. The van der Waals surface area contributed by atoms with Gasteiger partial charge >= 0.3 is 0 Å². The largest absolute Gasteiger partial charge is 0.333 e. The van der Waals surface area contributed by atoms with Crippen molar-refractivity contribution in [3.05, 3.63) is 40.3 Å². The average molecular weight is 304 g/mol. The van der Waals surface area contributed by atoms with Crippen LogP contribution in [0.4, 0.5) is 4.39 Å². The topological polar surface area (TPSA) is 77.8 Å². The first-order valence-corrected chi connectivity index (χ1v) is 7.17. The zero-order valence-corrected chi connectivity index (χ0v) is 12.4. The van der Waals surface area contributed by atoms with Crippen molar-refractivity contribution in [1.29, 1.82) is 0 Å². The van der Waals surface area contributed by atoms with Crippen LogP contribution in [0.15, 0.2) is 22.7 Å². The Labute approximate surface area is 124 Å². The van der Waals surface area contributed by atoms with Crippen molar-refractivity contribution in [3.63, 3.8) is 0 Å². The van der Waals surface area contributed by atoms with E-state index in [0.29, 0.717) is 29.4 Å². The highest BCUT2D eigenvalue weighted by Gasteiger charge is 2.17. The van der Waals surface area contributed by atoms with E-state index in [9.17, 15) is 4.39 Å². The predicted octanol–water partition coefficient (Wildman–Crippen LogP) is 3.07. The Balaban J connectivity index is 1.99. The van der Waals surface area contributed by atoms with Crippen molar-refractivity contribution in [2.45, 2.75) is 20.4 Å². The van der Waals surface area contributed by atoms with Gasteiger partial charge in [0.05, 0.1) is 5.69 Å². The van der Waals surface area contributed by atoms with Gasteiger partial charge in [-0.3, -0.25) is 0 Å². The van der Waals surface area contributed by atoms with Gasteiger partial charge in [-0.15, -0.1) is 11.3 Å². The number of thiazole rings is 1. The third kappa shape index (κ3) is 2.57. The molecule has 2 heterocycles. The number of hydrogen-bond donors (Lipinski definition) is 1. The van der Waals surface area contributed by atoms with Crippen LogP contribution in [0.5, 0.6) is 0 Å². The third-order valence-electron chi connectivity index (χ3n) is 3.05. The van der Waals surface area contributed by atoms with E-state index in [4.69, 9.17) is 10.3 Å². The van der Waals surface area contributed by atoms with Crippen molar-refractivity contribution in [1.82, 2.24) is 15.1 Å². The Morgan fingerprint density at radius 3 is 2.76 bits per heavy atom. The molecule has 3 aromatic rings. The van der Waals surface area contributed by atoms with Gasteiger partial charge in [-0.2, -0.15) is 4.98 Å². The Kier molecular flexibility index (Phi) is 3.52. The fourth-order valence-corrected chi connectivity index (χ4v) is 2.82. The molecule has 2 aromatic heterocycles. The van der Waals surface area contributed by atoms with Crippen molar-refractivity contribution in [2.24, 2.45) is 5.73 Å². The van der Waals surface area contributed by atoms with Crippen molar-refractivity contribution in [3.8, 4) is 22.2 Å². The van der Waals surface area contributed by atoms with Gasteiger partial charge in [0.2, 0.25) is 5.82 Å². The third-order valence-corrected chi connectivity index (χ3v) is 4.22. The zero-order valence-electron chi connectivity index (χ0n) is 11.6. The first kappa shape index (κ1) is 13.8. The van der Waals surface area contributed by atoms with Crippen LogP contribution >= 0.6 is 11.3 Å². The second-order valence-corrected chi connectivity index (χ2v) is 5.70. The van der Waals surface area contributed by atoms with Crippen LogP contribution in [0.3, 0.4) is 0 Å². The summed E-state index contributed by atoms with van der Waals surface area (Å²) < 4.78 is 18.6. The van der Waals surface area contributed by atoms with Crippen molar-refractivity contribution in [2.75, 3.05) is 0 Å².